The third-order valence-electron chi connectivity index (χ3n) is 1.74. The summed E-state index contributed by atoms with van der Waals surface area (Å²) in [4.78, 5) is 3.12. The van der Waals surface area contributed by atoms with Crippen LogP contribution in [0.3, 0.4) is 0 Å². The molecule has 0 spiro atoms. The first kappa shape index (κ1) is 7.45. The summed E-state index contributed by atoms with van der Waals surface area (Å²) < 4.78 is 1.07. The van der Waals surface area contributed by atoms with Crippen LogP contribution >= 0.6 is 15.9 Å². The van der Waals surface area contributed by atoms with Crippen molar-refractivity contribution in [2.75, 3.05) is 0 Å². The summed E-state index contributed by atoms with van der Waals surface area (Å²) in [6, 6.07) is 7.98. The van der Waals surface area contributed by atoms with E-state index in [1.54, 1.807) is 0 Å². The molecule has 12 heavy (non-hydrogen) atoms. The zero-order valence-corrected chi connectivity index (χ0v) is 7.85. The summed E-state index contributed by atoms with van der Waals surface area (Å²) in [5.74, 6) is 2.56. The average Bonchev–Trinajstić information content (AvgIpc) is 2.46. The fourth-order valence-electron chi connectivity index (χ4n) is 1.18. The maximum Gasteiger partial charge on any atom is 0.0901 e. The highest BCUT2D eigenvalue weighted by atomic mass is 79.9. The molecule has 0 amide bonds. The van der Waals surface area contributed by atoms with E-state index in [1.165, 1.54) is 0 Å². The smallest absolute Gasteiger partial charge is 0.0901 e. The summed E-state index contributed by atoms with van der Waals surface area (Å²) in [7, 11) is 0. The van der Waals surface area contributed by atoms with Crippen LogP contribution < -0.4 is 0 Å². The Kier molecular flexibility index (Phi) is 1.67. The molecule has 0 atom stereocenters. The van der Waals surface area contributed by atoms with Crippen LogP contribution in [0.25, 0.3) is 10.9 Å². The summed E-state index contributed by atoms with van der Waals surface area (Å²) in [6.07, 6.45) is 5.26. The minimum absolute atomic E-state index is 0.822. The highest BCUT2D eigenvalue weighted by Crippen LogP contribution is 2.19. The molecule has 0 bridgehead atoms. The first-order valence-electron chi connectivity index (χ1n) is 3.54. The first-order chi connectivity index (χ1) is 5.79. The van der Waals surface area contributed by atoms with Crippen LogP contribution in [-0.4, -0.2) is 4.98 Å². The van der Waals surface area contributed by atoms with Crippen molar-refractivity contribution in [1.82, 2.24) is 4.98 Å². The van der Waals surface area contributed by atoms with Crippen LogP contribution in [0.1, 0.15) is 5.69 Å². The molecule has 2 heteroatoms. The lowest BCUT2D eigenvalue weighted by atomic mass is 10.2. The van der Waals surface area contributed by atoms with E-state index in [0.29, 0.717) is 0 Å². The molecule has 1 heterocycles. The first-order valence-corrected chi connectivity index (χ1v) is 4.34. The lowest BCUT2D eigenvalue weighted by Crippen LogP contribution is -1.68. The summed E-state index contributed by atoms with van der Waals surface area (Å²) in [6.45, 7) is 0. The van der Waals surface area contributed by atoms with Gasteiger partial charge in [0, 0.05) is 15.4 Å². The van der Waals surface area contributed by atoms with Gasteiger partial charge in [0.25, 0.3) is 0 Å². The van der Waals surface area contributed by atoms with Crippen LogP contribution in [0.5, 0.6) is 0 Å². The minimum atomic E-state index is 0.822. The van der Waals surface area contributed by atoms with Gasteiger partial charge in [-0.2, -0.15) is 0 Å². The standard InChI is InChI=1S/C10H6BrN/c1-2-9-6-7-5-8(11)3-4-10(7)12-9/h1,3-6,12H. The summed E-state index contributed by atoms with van der Waals surface area (Å²) in [5.41, 5.74) is 1.90. The van der Waals surface area contributed by atoms with Crippen molar-refractivity contribution < 1.29 is 0 Å². The number of hydrogen-bond donors (Lipinski definition) is 1. The number of aromatic nitrogens is 1. The van der Waals surface area contributed by atoms with Crippen molar-refractivity contribution in [2.24, 2.45) is 0 Å². The average molecular weight is 220 g/mol. The molecular formula is C10H6BrN. The molecule has 1 nitrogen and oxygen atoms in total. The molecule has 0 fully saturated rings. The van der Waals surface area contributed by atoms with Crippen molar-refractivity contribution in [2.45, 2.75) is 0 Å². The van der Waals surface area contributed by atoms with E-state index in [2.05, 4.69) is 26.8 Å². The molecule has 0 aliphatic heterocycles. The molecule has 0 unspecified atom stereocenters. The van der Waals surface area contributed by atoms with Gasteiger partial charge in [0.05, 0.1) is 5.69 Å². The van der Waals surface area contributed by atoms with E-state index < -0.39 is 0 Å². The summed E-state index contributed by atoms with van der Waals surface area (Å²) in [5, 5.41) is 1.14. The second kappa shape index (κ2) is 2.69. The lowest BCUT2D eigenvalue weighted by molar-refractivity contribution is 1.42. The molecule has 1 N–H and O–H groups in total. The number of aromatic amines is 1. The normalized spacial score (nSPS) is 10.0. The van der Waals surface area contributed by atoms with Crippen LogP contribution in [0.2, 0.25) is 0 Å². The van der Waals surface area contributed by atoms with Gasteiger partial charge < -0.3 is 4.98 Å². The largest absolute Gasteiger partial charge is 0.348 e. The Morgan fingerprint density at radius 2 is 2.17 bits per heavy atom. The Morgan fingerprint density at radius 3 is 2.92 bits per heavy atom. The topological polar surface area (TPSA) is 15.8 Å². The molecule has 1 aromatic carbocycles. The quantitative estimate of drug-likeness (QED) is 0.657. The fraction of sp³-hybridized carbons (Fsp3) is 0. The Hall–Kier alpha value is -1.20. The second-order valence-electron chi connectivity index (χ2n) is 2.56. The van der Waals surface area contributed by atoms with E-state index in [9.17, 15) is 0 Å². The molecule has 1 aromatic heterocycles. The van der Waals surface area contributed by atoms with E-state index in [1.807, 2.05) is 24.3 Å². The molecule has 0 aliphatic rings. The van der Waals surface area contributed by atoms with Gasteiger partial charge in [-0.1, -0.05) is 21.9 Å². The number of fused-ring (bicyclic) bond motifs is 1. The molecule has 58 valence electrons. The van der Waals surface area contributed by atoms with Crippen LogP contribution in [-0.2, 0) is 0 Å². The Bertz CT molecular complexity index is 462. The monoisotopic (exact) mass is 219 g/mol. The number of nitrogens with one attached hydrogen (secondary N) is 1. The highest BCUT2D eigenvalue weighted by molar-refractivity contribution is 9.10. The SMILES string of the molecule is C#Cc1cc2cc(Br)ccc2[nH]1. The van der Waals surface area contributed by atoms with Crippen molar-refractivity contribution in [3.8, 4) is 12.3 Å². The Morgan fingerprint density at radius 1 is 1.33 bits per heavy atom. The number of benzene rings is 1. The third kappa shape index (κ3) is 1.13. The predicted octanol–water partition coefficient (Wildman–Crippen LogP) is 2.91. The van der Waals surface area contributed by atoms with Gasteiger partial charge in [-0.3, -0.25) is 0 Å². The van der Waals surface area contributed by atoms with E-state index >= 15 is 0 Å². The lowest BCUT2D eigenvalue weighted by Gasteiger charge is -1.88. The number of terminal acetylenes is 1. The number of halogens is 1. The van der Waals surface area contributed by atoms with E-state index in [0.717, 1.165) is 21.1 Å². The van der Waals surface area contributed by atoms with E-state index in [4.69, 9.17) is 6.42 Å². The van der Waals surface area contributed by atoms with Crippen LogP contribution in [0.15, 0.2) is 28.7 Å². The number of rotatable bonds is 0. The maximum atomic E-state index is 5.26. The fourth-order valence-corrected chi connectivity index (χ4v) is 1.56. The molecule has 0 aliphatic carbocycles. The van der Waals surface area contributed by atoms with Crippen molar-refractivity contribution in [3.63, 3.8) is 0 Å². The highest BCUT2D eigenvalue weighted by Gasteiger charge is 1.97. The molecule has 0 saturated carbocycles. The van der Waals surface area contributed by atoms with Crippen LogP contribution in [0, 0.1) is 12.3 Å². The van der Waals surface area contributed by atoms with Crippen LogP contribution in [0.4, 0.5) is 0 Å². The maximum absolute atomic E-state index is 5.26. The number of hydrogen-bond acceptors (Lipinski definition) is 0. The molecule has 2 aromatic rings. The van der Waals surface area contributed by atoms with Crippen molar-refractivity contribution in [3.05, 3.63) is 34.4 Å². The van der Waals surface area contributed by atoms with Gasteiger partial charge in [-0.15, -0.1) is 6.42 Å². The summed E-state index contributed by atoms with van der Waals surface area (Å²) >= 11 is 3.40. The number of H-pyrrole nitrogens is 1. The van der Waals surface area contributed by atoms with Gasteiger partial charge in [0.2, 0.25) is 0 Å². The molecular weight excluding hydrogens is 214 g/mol. The van der Waals surface area contributed by atoms with E-state index in [-0.39, 0.29) is 0 Å². The zero-order chi connectivity index (χ0) is 8.55. The Labute approximate surface area is 78.9 Å². The predicted molar refractivity (Wildman–Crippen MR) is 53.9 cm³/mol. The van der Waals surface area contributed by atoms with Gasteiger partial charge in [-0.05, 0) is 24.3 Å². The van der Waals surface area contributed by atoms with Crippen molar-refractivity contribution >= 4 is 26.8 Å². The Balaban J connectivity index is 2.77. The second-order valence-corrected chi connectivity index (χ2v) is 3.47. The van der Waals surface area contributed by atoms with Gasteiger partial charge in [0.1, 0.15) is 0 Å². The third-order valence-corrected chi connectivity index (χ3v) is 2.23. The molecule has 0 saturated heterocycles. The molecule has 0 radical (unpaired) electrons. The minimum Gasteiger partial charge on any atom is -0.348 e. The van der Waals surface area contributed by atoms with Crippen molar-refractivity contribution in [1.29, 1.82) is 0 Å². The van der Waals surface area contributed by atoms with Gasteiger partial charge >= 0.3 is 0 Å². The van der Waals surface area contributed by atoms with Gasteiger partial charge in [0.15, 0.2) is 0 Å². The van der Waals surface area contributed by atoms with Gasteiger partial charge in [-0.25, -0.2) is 0 Å². The molecule has 2 rings (SSSR count). The zero-order valence-electron chi connectivity index (χ0n) is 6.26.